The lowest BCUT2D eigenvalue weighted by Crippen LogP contribution is -2.22. The molecular weight excluding hydrogens is 280 g/mol. The van der Waals surface area contributed by atoms with Gasteiger partial charge in [-0.05, 0) is 18.2 Å². The number of aromatic carboxylic acids is 1. The number of nitrogens with one attached hydrogen (secondary N) is 1. The molecule has 0 bridgehead atoms. The van der Waals surface area contributed by atoms with Gasteiger partial charge >= 0.3 is 5.97 Å². The molecule has 1 amide bonds. The van der Waals surface area contributed by atoms with Gasteiger partial charge in [-0.25, -0.2) is 9.78 Å². The Morgan fingerprint density at radius 1 is 1.45 bits per heavy atom. The Kier molecular flexibility index (Phi) is 4.31. The van der Waals surface area contributed by atoms with Gasteiger partial charge in [0.25, 0.3) is 5.91 Å². The number of carbonyl (C=O) groups is 2. The average Bonchev–Trinajstić information content (AvgIpc) is 2.94. The number of methoxy groups -OCH3 is 1. The molecule has 2 rings (SSSR count). The van der Waals surface area contributed by atoms with Crippen LogP contribution < -0.4 is 10.1 Å². The molecule has 0 saturated heterocycles. The number of aromatic nitrogens is 1. The minimum atomic E-state index is -1.08. The van der Waals surface area contributed by atoms with Crippen LogP contribution in [0.2, 0.25) is 0 Å². The second kappa shape index (κ2) is 6.16. The number of amides is 1. The molecule has 0 atom stereocenters. The van der Waals surface area contributed by atoms with Gasteiger partial charge in [0.2, 0.25) is 0 Å². The number of carboxylic acids is 1. The first-order chi connectivity index (χ1) is 9.60. The molecule has 2 N–H and O–H groups in total. The van der Waals surface area contributed by atoms with Crippen molar-refractivity contribution >= 4 is 23.2 Å². The van der Waals surface area contributed by atoms with E-state index in [0.717, 1.165) is 0 Å². The summed E-state index contributed by atoms with van der Waals surface area (Å²) in [6, 6.07) is 6.76. The summed E-state index contributed by atoms with van der Waals surface area (Å²) in [6.07, 6.45) is 0. The summed E-state index contributed by atoms with van der Waals surface area (Å²) in [7, 11) is 1.53. The van der Waals surface area contributed by atoms with E-state index in [9.17, 15) is 9.59 Å². The number of carboxylic acid groups (broad SMARTS) is 1. The van der Waals surface area contributed by atoms with Crippen LogP contribution in [-0.4, -0.2) is 29.1 Å². The molecule has 0 aliphatic rings. The topological polar surface area (TPSA) is 88.5 Å². The molecular formula is C13H12N2O4S. The van der Waals surface area contributed by atoms with Crippen molar-refractivity contribution in [3.8, 4) is 5.75 Å². The molecule has 0 saturated carbocycles. The largest absolute Gasteiger partial charge is 0.497 e. The average molecular weight is 292 g/mol. The molecule has 0 aliphatic carbocycles. The van der Waals surface area contributed by atoms with Crippen molar-refractivity contribution in [3.63, 3.8) is 0 Å². The van der Waals surface area contributed by atoms with E-state index in [2.05, 4.69) is 10.3 Å². The standard InChI is InChI=1S/C13H12N2O4S/c1-19-9-4-2-3-8(5-9)12(16)14-6-11-15-10(7-20-11)13(17)18/h2-5,7H,6H2,1H3,(H,14,16)(H,17,18). The van der Waals surface area contributed by atoms with Crippen molar-refractivity contribution in [2.24, 2.45) is 0 Å². The van der Waals surface area contributed by atoms with Gasteiger partial charge in [0.15, 0.2) is 5.69 Å². The molecule has 0 unspecified atom stereocenters. The van der Waals surface area contributed by atoms with E-state index in [1.54, 1.807) is 24.3 Å². The number of hydrogen-bond acceptors (Lipinski definition) is 5. The number of ether oxygens (including phenoxy) is 1. The van der Waals surface area contributed by atoms with Crippen LogP contribution >= 0.6 is 11.3 Å². The van der Waals surface area contributed by atoms with Crippen LogP contribution in [0.15, 0.2) is 29.6 Å². The van der Waals surface area contributed by atoms with E-state index in [0.29, 0.717) is 16.3 Å². The summed E-state index contributed by atoms with van der Waals surface area (Å²) >= 11 is 1.19. The van der Waals surface area contributed by atoms with Crippen LogP contribution in [0.25, 0.3) is 0 Å². The van der Waals surface area contributed by atoms with Gasteiger partial charge in [-0.15, -0.1) is 11.3 Å². The number of thiazole rings is 1. The predicted molar refractivity (Wildman–Crippen MR) is 73.2 cm³/mol. The fourth-order valence-corrected chi connectivity index (χ4v) is 2.22. The SMILES string of the molecule is COc1cccc(C(=O)NCc2nc(C(=O)O)cs2)c1. The summed E-state index contributed by atoms with van der Waals surface area (Å²) in [4.78, 5) is 26.5. The maximum atomic E-state index is 11.9. The molecule has 20 heavy (non-hydrogen) atoms. The molecule has 1 aromatic heterocycles. The van der Waals surface area contributed by atoms with E-state index in [-0.39, 0.29) is 18.1 Å². The molecule has 0 aliphatic heterocycles. The summed E-state index contributed by atoms with van der Waals surface area (Å²) in [5.41, 5.74) is 0.458. The molecule has 0 spiro atoms. The highest BCUT2D eigenvalue weighted by molar-refractivity contribution is 7.09. The molecule has 2 aromatic rings. The van der Waals surface area contributed by atoms with E-state index in [4.69, 9.17) is 9.84 Å². The van der Waals surface area contributed by atoms with Crippen molar-refractivity contribution in [1.29, 1.82) is 0 Å². The van der Waals surface area contributed by atoms with Gasteiger partial charge in [-0.2, -0.15) is 0 Å². The second-order valence-electron chi connectivity index (χ2n) is 3.85. The van der Waals surface area contributed by atoms with Crippen LogP contribution in [0.5, 0.6) is 5.75 Å². The first-order valence-corrected chi connectivity index (χ1v) is 6.58. The van der Waals surface area contributed by atoms with Crippen molar-refractivity contribution in [2.75, 3.05) is 7.11 Å². The zero-order valence-electron chi connectivity index (χ0n) is 10.6. The molecule has 7 heteroatoms. The van der Waals surface area contributed by atoms with Crippen LogP contribution in [0.1, 0.15) is 25.9 Å². The Morgan fingerprint density at radius 2 is 2.25 bits per heavy atom. The first-order valence-electron chi connectivity index (χ1n) is 5.70. The number of benzene rings is 1. The number of rotatable bonds is 5. The van der Waals surface area contributed by atoms with Gasteiger partial charge in [0.05, 0.1) is 13.7 Å². The molecule has 6 nitrogen and oxygen atoms in total. The Bertz CT molecular complexity index is 639. The molecule has 104 valence electrons. The smallest absolute Gasteiger partial charge is 0.355 e. The zero-order chi connectivity index (χ0) is 14.5. The summed E-state index contributed by atoms with van der Waals surface area (Å²) < 4.78 is 5.04. The number of nitrogens with zero attached hydrogens (tertiary/aromatic N) is 1. The zero-order valence-corrected chi connectivity index (χ0v) is 11.4. The van der Waals surface area contributed by atoms with Crippen LogP contribution in [0.4, 0.5) is 0 Å². The second-order valence-corrected chi connectivity index (χ2v) is 4.79. The first kappa shape index (κ1) is 14.0. The van der Waals surface area contributed by atoms with Gasteiger partial charge in [-0.3, -0.25) is 4.79 Å². The van der Waals surface area contributed by atoms with Crippen molar-refractivity contribution in [1.82, 2.24) is 10.3 Å². The quantitative estimate of drug-likeness (QED) is 0.877. The minimum absolute atomic E-state index is 0.0133. The molecule has 1 aromatic carbocycles. The Morgan fingerprint density at radius 3 is 2.90 bits per heavy atom. The summed E-state index contributed by atoms with van der Waals surface area (Å²) in [5, 5.41) is 13.4. The molecule has 1 heterocycles. The lowest BCUT2D eigenvalue weighted by molar-refractivity contribution is 0.0691. The number of hydrogen-bond donors (Lipinski definition) is 2. The Labute approximate surface area is 119 Å². The fourth-order valence-electron chi connectivity index (χ4n) is 1.51. The lowest BCUT2D eigenvalue weighted by atomic mass is 10.2. The van der Waals surface area contributed by atoms with E-state index in [1.165, 1.54) is 23.8 Å². The van der Waals surface area contributed by atoms with Gasteiger partial charge < -0.3 is 15.2 Å². The predicted octanol–water partition coefficient (Wildman–Crippen LogP) is 1.78. The fraction of sp³-hybridized carbons (Fsp3) is 0.154. The minimum Gasteiger partial charge on any atom is -0.497 e. The summed E-state index contributed by atoms with van der Waals surface area (Å²) in [6.45, 7) is 0.188. The van der Waals surface area contributed by atoms with Crippen molar-refractivity contribution in [2.45, 2.75) is 6.54 Å². The van der Waals surface area contributed by atoms with Crippen molar-refractivity contribution < 1.29 is 19.4 Å². The Hall–Kier alpha value is -2.41. The van der Waals surface area contributed by atoms with Crippen LogP contribution in [0.3, 0.4) is 0 Å². The third kappa shape index (κ3) is 3.33. The Balaban J connectivity index is 1.98. The van der Waals surface area contributed by atoms with Crippen LogP contribution in [0, 0.1) is 0 Å². The van der Waals surface area contributed by atoms with E-state index >= 15 is 0 Å². The highest BCUT2D eigenvalue weighted by Crippen LogP contribution is 2.13. The number of carbonyl (C=O) groups excluding carboxylic acids is 1. The monoisotopic (exact) mass is 292 g/mol. The molecule has 0 radical (unpaired) electrons. The van der Waals surface area contributed by atoms with Gasteiger partial charge in [-0.1, -0.05) is 6.07 Å². The highest BCUT2D eigenvalue weighted by Gasteiger charge is 2.10. The van der Waals surface area contributed by atoms with Crippen LogP contribution in [-0.2, 0) is 6.54 Å². The highest BCUT2D eigenvalue weighted by atomic mass is 32.1. The molecule has 0 fully saturated rings. The third-order valence-electron chi connectivity index (χ3n) is 2.50. The van der Waals surface area contributed by atoms with Gasteiger partial charge in [0, 0.05) is 10.9 Å². The summed E-state index contributed by atoms with van der Waals surface area (Å²) in [5.74, 6) is -0.748. The van der Waals surface area contributed by atoms with Gasteiger partial charge in [0.1, 0.15) is 10.8 Å². The lowest BCUT2D eigenvalue weighted by Gasteiger charge is -2.05. The van der Waals surface area contributed by atoms with E-state index < -0.39 is 5.97 Å². The third-order valence-corrected chi connectivity index (χ3v) is 3.35. The maximum Gasteiger partial charge on any atom is 0.355 e. The van der Waals surface area contributed by atoms with Crippen molar-refractivity contribution in [3.05, 3.63) is 45.9 Å². The van der Waals surface area contributed by atoms with E-state index in [1.807, 2.05) is 0 Å². The normalized spacial score (nSPS) is 10.1. The maximum absolute atomic E-state index is 11.9.